The quantitative estimate of drug-likeness (QED) is 0.435. The summed E-state index contributed by atoms with van der Waals surface area (Å²) in [4.78, 5) is 32.4. The van der Waals surface area contributed by atoms with E-state index in [9.17, 15) is 14.4 Å². The zero-order chi connectivity index (χ0) is 11.7. The molecule has 86 valence electrons. The number of ether oxygens (including phenoxy) is 1. The number of nitrogens with one attached hydrogen (secondary N) is 2. The van der Waals surface area contributed by atoms with Gasteiger partial charge in [-0.25, -0.2) is 0 Å². The van der Waals surface area contributed by atoms with Crippen LogP contribution in [0.15, 0.2) is 0 Å². The molecule has 0 radical (unpaired) electrons. The molecule has 0 saturated carbocycles. The Morgan fingerprint density at radius 3 is 2.27 bits per heavy atom. The van der Waals surface area contributed by atoms with E-state index in [-0.39, 0.29) is 26.2 Å². The van der Waals surface area contributed by atoms with Crippen molar-refractivity contribution in [1.82, 2.24) is 10.6 Å². The number of esters is 1. The smallest absolute Gasteiger partial charge is 0.325 e. The second kappa shape index (κ2) is 7.74. The van der Waals surface area contributed by atoms with Gasteiger partial charge in [-0.1, -0.05) is 0 Å². The third kappa shape index (κ3) is 7.44. The lowest BCUT2D eigenvalue weighted by Gasteiger charge is -2.05. The van der Waals surface area contributed by atoms with Crippen LogP contribution in [-0.2, 0) is 19.1 Å². The fraction of sp³-hybridized carbons (Fsp3) is 0.625. The fourth-order valence-electron chi connectivity index (χ4n) is 0.696. The third-order valence-electron chi connectivity index (χ3n) is 1.37. The number of carbonyl (C=O) groups is 3. The largest absolute Gasteiger partial charge is 0.465 e. The summed E-state index contributed by atoms with van der Waals surface area (Å²) < 4.78 is 4.58. The first kappa shape index (κ1) is 13.4. The molecule has 0 aromatic carbocycles. The molecule has 0 unspecified atom stereocenters. The Morgan fingerprint density at radius 1 is 1.13 bits per heavy atom. The van der Waals surface area contributed by atoms with Crippen LogP contribution in [0.25, 0.3) is 0 Å². The molecule has 7 heteroatoms. The summed E-state index contributed by atoms with van der Waals surface area (Å²) >= 11 is 0. The molecule has 0 saturated heterocycles. The lowest BCUT2D eigenvalue weighted by Crippen LogP contribution is -2.41. The van der Waals surface area contributed by atoms with Crippen molar-refractivity contribution in [1.29, 1.82) is 0 Å². The van der Waals surface area contributed by atoms with Gasteiger partial charge in [0.05, 0.1) is 19.7 Å². The van der Waals surface area contributed by atoms with Crippen molar-refractivity contribution >= 4 is 17.8 Å². The van der Waals surface area contributed by atoms with Gasteiger partial charge in [-0.05, 0) is 6.92 Å². The third-order valence-corrected chi connectivity index (χ3v) is 1.37. The first-order chi connectivity index (χ1) is 7.10. The average Bonchev–Trinajstić information content (AvgIpc) is 2.23. The van der Waals surface area contributed by atoms with E-state index in [2.05, 4.69) is 15.4 Å². The Bertz CT molecular complexity index is 242. The Morgan fingerprint density at radius 2 is 1.73 bits per heavy atom. The molecule has 0 atom stereocenters. The molecule has 0 fully saturated rings. The maximum atomic E-state index is 11.0. The summed E-state index contributed by atoms with van der Waals surface area (Å²) in [6.45, 7) is 1.35. The zero-order valence-electron chi connectivity index (χ0n) is 8.54. The molecule has 15 heavy (non-hydrogen) atoms. The molecule has 0 aromatic rings. The van der Waals surface area contributed by atoms with E-state index in [1.807, 2.05) is 0 Å². The summed E-state index contributed by atoms with van der Waals surface area (Å²) in [5.41, 5.74) is 5.00. The van der Waals surface area contributed by atoms with Crippen LogP contribution in [0.3, 0.4) is 0 Å². The van der Waals surface area contributed by atoms with Crippen molar-refractivity contribution < 1.29 is 19.1 Å². The summed E-state index contributed by atoms with van der Waals surface area (Å²) in [7, 11) is 0. The summed E-state index contributed by atoms with van der Waals surface area (Å²) in [5.74, 6) is -1.41. The lowest BCUT2D eigenvalue weighted by atomic mass is 10.5. The molecule has 0 heterocycles. The summed E-state index contributed by atoms with van der Waals surface area (Å²) in [6.07, 6.45) is 0. The highest BCUT2D eigenvalue weighted by molar-refractivity contribution is 5.87. The number of rotatable bonds is 6. The monoisotopic (exact) mass is 217 g/mol. The van der Waals surface area contributed by atoms with Crippen LogP contribution in [0.4, 0.5) is 0 Å². The molecule has 0 aromatic heterocycles. The summed E-state index contributed by atoms with van der Waals surface area (Å²) in [6, 6.07) is 0. The van der Waals surface area contributed by atoms with Crippen molar-refractivity contribution in [3.63, 3.8) is 0 Å². The second-order valence-electron chi connectivity index (χ2n) is 2.56. The minimum Gasteiger partial charge on any atom is -0.465 e. The van der Waals surface area contributed by atoms with Crippen LogP contribution in [0.2, 0.25) is 0 Å². The maximum absolute atomic E-state index is 11.0. The Hall–Kier alpha value is -1.63. The van der Waals surface area contributed by atoms with E-state index in [1.54, 1.807) is 6.92 Å². The zero-order valence-corrected chi connectivity index (χ0v) is 8.54. The molecule has 7 nitrogen and oxygen atoms in total. The van der Waals surface area contributed by atoms with Gasteiger partial charge >= 0.3 is 5.97 Å². The van der Waals surface area contributed by atoms with E-state index in [4.69, 9.17) is 5.73 Å². The topological polar surface area (TPSA) is 111 Å². The van der Waals surface area contributed by atoms with Crippen LogP contribution in [0, 0.1) is 0 Å². The van der Waals surface area contributed by atoms with E-state index in [0.29, 0.717) is 0 Å². The molecule has 0 aliphatic heterocycles. The van der Waals surface area contributed by atoms with Crippen LogP contribution >= 0.6 is 0 Å². The molecule has 0 aliphatic rings. The SMILES string of the molecule is CCOC(=O)CNC(=O)CNC(=O)CN. The number of hydrogen-bond acceptors (Lipinski definition) is 5. The first-order valence-corrected chi connectivity index (χ1v) is 4.49. The average molecular weight is 217 g/mol. The van der Waals surface area contributed by atoms with Gasteiger partial charge < -0.3 is 21.1 Å². The van der Waals surface area contributed by atoms with Crippen molar-refractivity contribution in [3.8, 4) is 0 Å². The molecule has 0 rings (SSSR count). The minimum absolute atomic E-state index is 0.175. The summed E-state index contributed by atoms with van der Waals surface area (Å²) in [5, 5.41) is 4.54. The van der Waals surface area contributed by atoms with Crippen molar-refractivity contribution in [2.75, 3.05) is 26.2 Å². The molecular weight excluding hydrogens is 202 g/mol. The Labute approximate surface area is 87.3 Å². The number of amides is 2. The van der Waals surface area contributed by atoms with Gasteiger partial charge in [0.15, 0.2) is 0 Å². The second-order valence-corrected chi connectivity index (χ2v) is 2.56. The van der Waals surface area contributed by atoms with Crippen molar-refractivity contribution in [2.24, 2.45) is 5.73 Å². The first-order valence-electron chi connectivity index (χ1n) is 4.49. The predicted molar refractivity (Wildman–Crippen MR) is 51.7 cm³/mol. The van der Waals surface area contributed by atoms with Crippen LogP contribution < -0.4 is 16.4 Å². The van der Waals surface area contributed by atoms with E-state index >= 15 is 0 Å². The molecule has 0 aliphatic carbocycles. The van der Waals surface area contributed by atoms with Gasteiger partial charge in [-0.15, -0.1) is 0 Å². The molecular formula is C8H15N3O4. The van der Waals surface area contributed by atoms with Gasteiger partial charge in [0.2, 0.25) is 11.8 Å². The standard InChI is InChI=1S/C8H15N3O4/c1-2-15-8(14)5-11-7(13)4-10-6(12)3-9/h2-5,9H2,1H3,(H,10,12)(H,11,13). The van der Waals surface area contributed by atoms with E-state index < -0.39 is 17.8 Å². The highest BCUT2D eigenvalue weighted by Gasteiger charge is 2.06. The van der Waals surface area contributed by atoms with E-state index in [1.165, 1.54) is 0 Å². The molecule has 2 amide bonds. The lowest BCUT2D eigenvalue weighted by molar-refractivity contribution is -0.143. The van der Waals surface area contributed by atoms with Crippen LogP contribution in [0.1, 0.15) is 6.92 Å². The molecule has 4 N–H and O–H groups in total. The predicted octanol–water partition coefficient (Wildman–Crippen LogP) is -2.26. The van der Waals surface area contributed by atoms with Crippen LogP contribution in [0.5, 0.6) is 0 Å². The molecule has 0 bridgehead atoms. The van der Waals surface area contributed by atoms with E-state index in [0.717, 1.165) is 0 Å². The highest BCUT2D eigenvalue weighted by atomic mass is 16.5. The Kier molecular flexibility index (Phi) is 6.90. The normalized spacial score (nSPS) is 9.20. The van der Waals surface area contributed by atoms with Crippen molar-refractivity contribution in [2.45, 2.75) is 6.92 Å². The minimum atomic E-state index is -0.518. The maximum Gasteiger partial charge on any atom is 0.325 e. The van der Waals surface area contributed by atoms with Gasteiger partial charge in [0.1, 0.15) is 6.54 Å². The van der Waals surface area contributed by atoms with Gasteiger partial charge in [0.25, 0.3) is 0 Å². The number of nitrogens with two attached hydrogens (primary N) is 1. The fourth-order valence-corrected chi connectivity index (χ4v) is 0.696. The van der Waals surface area contributed by atoms with Gasteiger partial charge in [-0.3, -0.25) is 14.4 Å². The van der Waals surface area contributed by atoms with Crippen molar-refractivity contribution in [3.05, 3.63) is 0 Å². The molecule has 0 spiro atoms. The van der Waals surface area contributed by atoms with Crippen LogP contribution in [-0.4, -0.2) is 44.0 Å². The number of hydrogen-bond donors (Lipinski definition) is 3. The Balaban J connectivity index is 3.57. The highest BCUT2D eigenvalue weighted by Crippen LogP contribution is 1.75. The van der Waals surface area contributed by atoms with Gasteiger partial charge in [-0.2, -0.15) is 0 Å². The number of carbonyl (C=O) groups excluding carboxylic acids is 3. The van der Waals surface area contributed by atoms with Gasteiger partial charge in [0, 0.05) is 0 Å².